The van der Waals surface area contributed by atoms with Crippen molar-refractivity contribution < 1.29 is 8.42 Å². The molecule has 1 heterocycles. The normalized spacial score (nSPS) is 17.9. The number of nitrogens with zero attached hydrogens (tertiary/aromatic N) is 1. The van der Waals surface area contributed by atoms with E-state index in [-0.39, 0.29) is 20.6 Å². The molecule has 0 amide bonds. The largest absolute Gasteiger partial charge is 0.397 e. The van der Waals surface area contributed by atoms with Crippen molar-refractivity contribution >= 4 is 38.9 Å². The van der Waals surface area contributed by atoms with Crippen LogP contribution in [0.3, 0.4) is 0 Å². The molecule has 0 bridgehead atoms. The van der Waals surface area contributed by atoms with E-state index in [0.717, 1.165) is 19.3 Å². The van der Waals surface area contributed by atoms with Gasteiger partial charge in [0.1, 0.15) is 4.90 Å². The van der Waals surface area contributed by atoms with E-state index in [9.17, 15) is 8.42 Å². The van der Waals surface area contributed by atoms with Crippen molar-refractivity contribution in [3.8, 4) is 0 Å². The summed E-state index contributed by atoms with van der Waals surface area (Å²) in [6, 6.07) is 2.70. The number of hydrogen-bond acceptors (Lipinski definition) is 3. The van der Waals surface area contributed by atoms with Crippen molar-refractivity contribution in [3.63, 3.8) is 0 Å². The second kappa shape index (κ2) is 5.25. The molecule has 0 aliphatic carbocycles. The molecule has 7 heteroatoms. The van der Waals surface area contributed by atoms with Crippen LogP contribution in [0, 0.1) is 0 Å². The Hall–Kier alpha value is -0.490. The van der Waals surface area contributed by atoms with Crippen LogP contribution in [-0.4, -0.2) is 25.8 Å². The molecular formula is C11H14Cl2N2O2S. The van der Waals surface area contributed by atoms with Crippen LogP contribution in [0.2, 0.25) is 10.0 Å². The fourth-order valence-corrected chi connectivity index (χ4v) is 4.27. The fraction of sp³-hybridized carbons (Fsp3) is 0.455. The summed E-state index contributed by atoms with van der Waals surface area (Å²) in [5.74, 6) is 0. The van der Waals surface area contributed by atoms with Gasteiger partial charge in [0, 0.05) is 13.1 Å². The predicted molar refractivity (Wildman–Crippen MR) is 73.5 cm³/mol. The van der Waals surface area contributed by atoms with E-state index in [1.807, 2.05) is 0 Å². The Labute approximate surface area is 117 Å². The van der Waals surface area contributed by atoms with Crippen LogP contribution in [0.25, 0.3) is 0 Å². The Balaban J connectivity index is 2.43. The second-order valence-electron chi connectivity index (χ2n) is 4.27. The van der Waals surface area contributed by atoms with E-state index in [1.165, 1.54) is 16.4 Å². The van der Waals surface area contributed by atoms with Crippen molar-refractivity contribution in [1.82, 2.24) is 4.31 Å². The molecule has 0 aromatic heterocycles. The molecule has 4 nitrogen and oxygen atoms in total. The standard InChI is InChI=1S/C11H14Cl2N2O2S/c12-8-7-11(9(13)6-10(8)14)18(16,17)15-4-2-1-3-5-15/h6-7H,1-5,14H2. The number of nitrogens with two attached hydrogens (primary N) is 1. The zero-order chi connectivity index (χ0) is 13.3. The van der Waals surface area contributed by atoms with Crippen LogP contribution in [-0.2, 0) is 10.0 Å². The molecule has 0 spiro atoms. The maximum absolute atomic E-state index is 12.4. The number of benzene rings is 1. The SMILES string of the molecule is Nc1cc(Cl)c(S(=O)(=O)N2CCCCC2)cc1Cl. The molecule has 0 unspecified atom stereocenters. The summed E-state index contributed by atoms with van der Waals surface area (Å²) in [4.78, 5) is 0.0327. The molecule has 2 N–H and O–H groups in total. The number of piperidine rings is 1. The Morgan fingerprint density at radius 3 is 2.28 bits per heavy atom. The van der Waals surface area contributed by atoms with Crippen LogP contribution < -0.4 is 5.73 Å². The number of nitrogen functional groups attached to an aromatic ring is 1. The van der Waals surface area contributed by atoms with Crippen LogP contribution in [0.1, 0.15) is 19.3 Å². The summed E-state index contributed by atoms with van der Waals surface area (Å²) in [6.07, 6.45) is 2.81. The molecule has 1 aromatic rings. The molecule has 1 aliphatic heterocycles. The molecule has 1 fully saturated rings. The first kappa shape index (κ1) is 13.9. The third-order valence-corrected chi connectivity index (χ3v) is 5.67. The van der Waals surface area contributed by atoms with Crippen LogP contribution in [0.15, 0.2) is 17.0 Å². The van der Waals surface area contributed by atoms with Crippen molar-refractivity contribution in [2.45, 2.75) is 24.2 Å². The zero-order valence-electron chi connectivity index (χ0n) is 9.70. The summed E-state index contributed by atoms with van der Waals surface area (Å²) in [5.41, 5.74) is 5.86. The van der Waals surface area contributed by atoms with Gasteiger partial charge in [-0.1, -0.05) is 29.6 Å². The lowest BCUT2D eigenvalue weighted by Gasteiger charge is -2.26. The van der Waals surface area contributed by atoms with Gasteiger partial charge < -0.3 is 5.73 Å². The van der Waals surface area contributed by atoms with Crippen molar-refractivity contribution in [3.05, 3.63) is 22.2 Å². The summed E-state index contributed by atoms with van der Waals surface area (Å²) in [5, 5.41) is 0.317. The van der Waals surface area contributed by atoms with E-state index in [1.54, 1.807) is 0 Å². The van der Waals surface area contributed by atoms with Gasteiger partial charge in [0.25, 0.3) is 0 Å². The average Bonchev–Trinajstić information content (AvgIpc) is 2.34. The molecule has 1 aromatic carbocycles. The van der Waals surface area contributed by atoms with Gasteiger partial charge in [-0.3, -0.25) is 0 Å². The quantitative estimate of drug-likeness (QED) is 0.854. The summed E-state index contributed by atoms with van der Waals surface area (Å²) < 4.78 is 26.3. The summed E-state index contributed by atoms with van der Waals surface area (Å²) >= 11 is 11.8. The topological polar surface area (TPSA) is 63.4 Å². The maximum Gasteiger partial charge on any atom is 0.244 e. The Bertz CT molecular complexity index is 554. The predicted octanol–water partition coefficient (Wildman–Crippen LogP) is 2.75. The van der Waals surface area contributed by atoms with Crippen molar-refractivity contribution in [1.29, 1.82) is 0 Å². The molecule has 0 atom stereocenters. The highest BCUT2D eigenvalue weighted by atomic mass is 35.5. The summed E-state index contributed by atoms with van der Waals surface area (Å²) in [6.45, 7) is 1.06. The van der Waals surface area contributed by atoms with Crippen molar-refractivity contribution in [2.75, 3.05) is 18.8 Å². The third kappa shape index (κ3) is 2.59. The van der Waals surface area contributed by atoms with Gasteiger partial charge in [-0.05, 0) is 25.0 Å². The lowest BCUT2D eigenvalue weighted by atomic mass is 10.2. The fourth-order valence-electron chi connectivity index (χ4n) is 1.99. The highest BCUT2D eigenvalue weighted by Gasteiger charge is 2.28. The van der Waals surface area contributed by atoms with Gasteiger partial charge in [0.15, 0.2) is 0 Å². The molecule has 0 radical (unpaired) electrons. The van der Waals surface area contributed by atoms with Crippen LogP contribution in [0.4, 0.5) is 5.69 Å². The van der Waals surface area contributed by atoms with E-state index in [4.69, 9.17) is 28.9 Å². The minimum atomic E-state index is -3.57. The van der Waals surface area contributed by atoms with Gasteiger partial charge in [-0.25, -0.2) is 8.42 Å². The molecular weight excluding hydrogens is 295 g/mol. The van der Waals surface area contributed by atoms with E-state index < -0.39 is 10.0 Å². The number of rotatable bonds is 2. The van der Waals surface area contributed by atoms with Crippen molar-refractivity contribution in [2.24, 2.45) is 0 Å². The zero-order valence-corrected chi connectivity index (χ0v) is 12.0. The number of hydrogen-bond donors (Lipinski definition) is 1. The first-order chi connectivity index (χ1) is 8.43. The van der Waals surface area contributed by atoms with Gasteiger partial charge in [0.2, 0.25) is 10.0 Å². The van der Waals surface area contributed by atoms with Crippen LogP contribution in [0.5, 0.6) is 0 Å². The maximum atomic E-state index is 12.4. The van der Waals surface area contributed by atoms with Gasteiger partial charge >= 0.3 is 0 Å². The smallest absolute Gasteiger partial charge is 0.244 e. The van der Waals surface area contributed by atoms with Gasteiger partial charge in [-0.15, -0.1) is 0 Å². The monoisotopic (exact) mass is 308 g/mol. The first-order valence-corrected chi connectivity index (χ1v) is 7.87. The first-order valence-electron chi connectivity index (χ1n) is 5.67. The summed E-state index contributed by atoms with van der Waals surface area (Å²) in [7, 11) is -3.57. The molecule has 100 valence electrons. The van der Waals surface area contributed by atoms with E-state index >= 15 is 0 Å². The minimum Gasteiger partial charge on any atom is -0.397 e. The highest BCUT2D eigenvalue weighted by molar-refractivity contribution is 7.89. The Morgan fingerprint density at radius 2 is 1.67 bits per heavy atom. The molecule has 18 heavy (non-hydrogen) atoms. The molecule has 2 rings (SSSR count). The highest BCUT2D eigenvalue weighted by Crippen LogP contribution is 2.32. The van der Waals surface area contributed by atoms with Crippen LogP contribution >= 0.6 is 23.2 Å². The van der Waals surface area contributed by atoms with E-state index in [0.29, 0.717) is 13.1 Å². The third-order valence-electron chi connectivity index (χ3n) is 2.98. The molecule has 0 saturated carbocycles. The Kier molecular flexibility index (Phi) is 4.06. The van der Waals surface area contributed by atoms with E-state index in [2.05, 4.69) is 0 Å². The molecule has 1 aliphatic rings. The molecule has 1 saturated heterocycles. The Morgan fingerprint density at radius 1 is 1.06 bits per heavy atom. The lowest BCUT2D eigenvalue weighted by Crippen LogP contribution is -2.35. The lowest BCUT2D eigenvalue weighted by molar-refractivity contribution is 0.346. The number of anilines is 1. The number of sulfonamides is 1. The average molecular weight is 309 g/mol. The van der Waals surface area contributed by atoms with Gasteiger partial charge in [0.05, 0.1) is 15.7 Å². The second-order valence-corrected chi connectivity index (χ2v) is 6.99. The number of halogens is 2. The minimum absolute atomic E-state index is 0.0327. The van der Waals surface area contributed by atoms with Gasteiger partial charge in [-0.2, -0.15) is 4.31 Å².